The maximum absolute atomic E-state index is 12.8. The van der Waals surface area contributed by atoms with Gasteiger partial charge in [0.15, 0.2) is 5.52 Å². The minimum Gasteiger partial charge on any atom is -0.282 e. The van der Waals surface area contributed by atoms with Crippen molar-refractivity contribution in [2.45, 2.75) is 5.16 Å². The average molecular weight is 379 g/mol. The zero-order valence-corrected chi connectivity index (χ0v) is 14.5. The summed E-state index contributed by atoms with van der Waals surface area (Å²) in [6.45, 7) is 0. The molecule has 4 rings (SSSR count). The average Bonchev–Trinajstić information content (AvgIpc) is 2.98. The summed E-state index contributed by atoms with van der Waals surface area (Å²) in [6.07, 6.45) is 3.48. The lowest BCUT2D eigenvalue weighted by Gasteiger charge is -2.08. The first-order chi connectivity index (χ1) is 11.6. The molecule has 0 spiro atoms. The number of hydrogen-bond donors (Lipinski definition) is 0. The molecule has 0 fully saturated rings. The van der Waals surface area contributed by atoms with E-state index in [-0.39, 0.29) is 11.1 Å². The maximum Gasteiger partial charge on any atom is 0.285 e. The molecule has 0 bridgehead atoms. The monoisotopic (exact) mass is 378 g/mol. The zero-order valence-electron chi connectivity index (χ0n) is 12.1. The highest BCUT2D eigenvalue weighted by Gasteiger charge is 2.13. The number of fused-ring (bicyclic) bond motifs is 3. The number of thioether (sulfide) groups is 1. The molecule has 120 valence electrons. The van der Waals surface area contributed by atoms with Crippen LogP contribution >= 0.6 is 35.0 Å². The number of hydrogen-bond acceptors (Lipinski definition) is 6. The molecular formula is C14H8Cl2N6OS. The predicted molar refractivity (Wildman–Crippen MR) is 93.5 cm³/mol. The van der Waals surface area contributed by atoms with E-state index in [0.29, 0.717) is 32.2 Å². The molecule has 0 saturated heterocycles. The van der Waals surface area contributed by atoms with Gasteiger partial charge in [0.1, 0.15) is 5.52 Å². The van der Waals surface area contributed by atoms with Crippen molar-refractivity contribution >= 4 is 51.8 Å². The Balaban J connectivity index is 2.01. The topological polar surface area (TPSA) is 78.0 Å². The molecule has 0 aliphatic rings. The molecule has 0 unspecified atom stereocenters. The van der Waals surface area contributed by atoms with E-state index in [0.717, 1.165) is 0 Å². The van der Waals surface area contributed by atoms with Crippen molar-refractivity contribution in [2.24, 2.45) is 0 Å². The van der Waals surface area contributed by atoms with Crippen molar-refractivity contribution in [3.8, 4) is 5.69 Å². The van der Waals surface area contributed by atoms with E-state index in [1.165, 1.54) is 20.8 Å². The number of pyridine rings is 1. The second kappa shape index (κ2) is 5.73. The molecule has 0 atom stereocenters. The van der Waals surface area contributed by atoms with E-state index in [2.05, 4.69) is 20.3 Å². The SMILES string of the molecule is CSc1nc2nnc3c(=O)n(-c4cc(Cl)cc(Cl)c4)ccc3n2n1. The fourth-order valence-electron chi connectivity index (χ4n) is 2.36. The van der Waals surface area contributed by atoms with Gasteiger partial charge >= 0.3 is 0 Å². The zero-order chi connectivity index (χ0) is 16.8. The van der Waals surface area contributed by atoms with Gasteiger partial charge in [-0.3, -0.25) is 9.36 Å². The molecular weight excluding hydrogens is 371 g/mol. The minimum absolute atomic E-state index is 0.179. The first-order valence-electron chi connectivity index (χ1n) is 6.72. The molecule has 1 aromatic carbocycles. The molecule has 0 aliphatic carbocycles. The standard InChI is InChI=1S/C14H8Cl2N6OS/c1-24-14-17-13-19-18-11-10(22(13)20-14)2-3-21(12(11)23)9-5-7(15)4-8(16)6-9/h2-6H,1H3. The normalized spacial score (nSPS) is 11.5. The Kier molecular flexibility index (Phi) is 3.67. The highest BCUT2D eigenvalue weighted by Crippen LogP contribution is 2.21. The quantitative estimate of drug-likeness (QED) is 0.499. The van der Waals surface area contributed by atoms with Crippen LogP contribution < -0.4 is 5.56 Å². The third-order valence-electron chi connectivity index (χ3n) is 3.39. The van der Waals surface area contributed by atoms with Crippen molar-refractivity contribution < 1.29 is 0 Å². The maximum atomic E-state index is 12.8. The Morgan fingerprint density at radius 1 is 1.12 bits per heavy atom. The van der Waals surface area contributed by atoms with E-state index < -0.39 is 0 Å². The number of halogens is 2. The van der Waals surface area contributed by atoms with E-state index >= 15 is 0 Å². The van der Waals surface area contributed by atoms with Crippen LogP contribution in [0.4, 0.5) is 0 Å². The van der Waals surface area contributed by atoms with Gasteiger partial charge in [-0.25, -0.2) is 0 Å². The van der Waals surface area contributed by atoms with E-state index in [1.807, 2.05) is 6.26 Å². The Hall–Kier alpha value is -2.16. The van der Waals surface area contributed by atoms with Gasteiger partial charge in [0.05, 0.1) is 5.69 Å². The van der Waals surface area contributed by atoms with Gasteiger partial charge in [-0.15, -0.1) is 15.3 Å². The molecule has 0 saturated carbocycles. The lowest BCUT2D eigenvalue weighted by molar-refractivity contribution is 0.885. The predicted octanol–water partition coefficient (Wildman–Crippen LogP) is 2.85. The van der Waals surface area contributed by atoms with Gasteiger partial charge in [0.2, 0.25) is 5.16 Å². The fourth-order valence-corrected chi connectivity index (χ4v) is 3.21. The molecule has 0 amide bonds. The summed E-state index contributed by atoms with van der Waals surface area (Å²) in [5.41, 5.74) is 0.909. The first kappa shape index (κ1) is 15.4. The van der Waals surface area contributed by atoms with Crippen molar-refractivity contribution in [1.82, 2.24) is 29.4 Å². The number of rotatable bonds is 2. The van der Waals surface area contributed by atoms with E-state index in [4.69, 9.17) is 23.2 Å². The van der Waals surface area contributed by atoms with Gasteiger partial charge in [-0.1, -0.05) is 35.0 Å². The number of nitrogens with zero attached hydrogens (tertiary/aromatic N) is 6. The Bertz CT molecular complexity index is 1140. The summed E-state index contributed by atoms with van der Waals surface area (Å²) < 4.78 is 2.91. The van der Waals surface area contributed by atoms with Crippen LogP contribution in [0, 0.1) is 0 Å². The minimum atomic E-state index is -0.346. The van der Waals surface area contributed by atoms with Crippen molar-refractivity contribution in [1.29, 1.82) is 0 Å². The van der Waals surface area contributed by atoms with Crippen molar-refractivity contribution in [3.63, 3.8) is 0 Å². The summed E-state index contributed by atoms with van der Waals surface area (Å²) in [4.78, 5) is 17.0. The second-order valence-corrected chi connectivity index (χ2v) is 6.51. The van der Waals surface area contributed by atoms with E-state index in [9.17, 15) is 4.79 Å². The van der Waals surface area contributed by atoms with Crippen LogP contribution in [0.5, 0.6) is 0 Å². The third-order valence-corrected chi connectivity index (χ3v) is 4.37. The molecule has 0 radical (unpaired) electrons. The van der Waals surface area contributed by atoms with Gasteiger partial charge < -0.3 is 0 Å². The van der Waals surface area contributed by atoms with Crippen LogP contribution in [-0.2, 0) is 0 Å². The molecule has 24 heavy (non-hydrogen) atoms. The third kappa shape index (κ3) is 2.43. The van der Waals surface area contributed by atoms with Gasteiger partial charge in [-0.2, -0.15) is 9.50 Å². The van der Waals surface area contributed by atoms with Crippen LogP contribution in [-0.4, -0.2) is 35.6 Å². The molecule has 0 aliphatic heterocycles. The highest BCUT2D eigenvalue weighted by atomic mass is 35.5. The van der Waals surface area contributed by atoms with Gasteiger partial charge in [0, 0.05) is 16.2 Å². The molecule has 0 N–H and O–H groups in total. The van der Waals surface area contributed by atoms with Crippen LogP contribution in [0.3, 0.4) is 0 Å². The van der Waals surface area contributed by atoms with Gasteiger partial charge in [-0.05, 0) is 30.5 Å². The molecule has 10 heteroatoms. The van der Waals surface area contributed by atoms with Crippen LogP contribution in [0.25, 0.3) is 22.5 Å². The van der Waals surface area contributed by atoms with E-state index in [1.54, 1.807) is 30.5 Å². The Morgan fingerprint density at radius 3 is 2.58 bits per heavy atom. The van der Waals surface area contributed by atoms with Crippen LogP contribution in [0.2, 0.25) is 10.0 Å². The molecule has 4 aromatic rings. The first-order valence-corrected chi connectivity index (χ1v) is 8.70. The summed E-state index contributed by atoms with van der Waals surface area (Å²) >= 11 is 13.4. The summed E-state index contributed by atoms with van der Waals surface area (Å²) in [5.74, 6) is 0.342. The van der Waals surface area contributed by atoms with Crippen molar-refractivity contribution in [3.05, 3.63) is 50.9 Å². The Morgan fingerprint density at radius 2 is 1.88 bits per heavy atom. The summed E-state index contributed by atoms with van der Waals surface area (Å²) in [7, 11) is 0. The number of aromatic nitrogens is 6. The molecule has 7 nitrogen and oxygen atoms in total. The lowest BCUT2D eigenvalue weighted by Crippen LogP contribution is -2.20. The highest BCUT2D eigenvalue weighted by molar-refractivity contribution is 7.98. The summed E-state index contributed by atoms with van der Waals surface area (Å²) in [5, 5.41) is 13.7. The summed E-state index contributed by atoms with van der Waals surface area (Å²) in [6, 6.07) is 6.62. The molecule has 3 heterocycles. The Labute approximate surface area is 149 Å². The van der Waals surface area contributed by atoms with Crippen molar-refractivity contribution in [2.75, 3.05) is 6.26 Å². The lowest BCUT2D eigenvalue weighted by atomic mass is 10.3. The smallest absolute Gasteiger partial charge is 0.282 e. The van der Waals surface area contributed by atoms with Crippen LogP contribution in [0.15, 0.2) is 40.4 Å². The second-order valence-electron chi connectivity index (χ2n) is 4.86. The fraction of sp³-hybridized carbons (Fsp3) is 0.0714. The number of benzene rings is 1. The van der Waals surface area contributed by atoms with Gasteiger partial charge in [0.25, 0.3) is 11.3 Å². The van der Waals surface area contributed by atoms with Crippen LogP contribution in [0.1, 0.15) is 0 Å². The largest absolute Gasteiger partial charge is 0.285 e. The molecule has 3 aromatic heterocycles.